The van der Waals surface area contributed by atoms with Crippen LogP contribution in [-0.4, -0.2) is 31.4 Å². The Bertz CT molecular complexity index is 460. The van der Waals surface area contributed by atoms with Crippen molar-refractivity contribution < 1.29 is 8.42 Å². The first kappa shape index (κ1) is 11.6. The number of hydrogen-bond acceptors (Lipinski definition) is 3. The Hall–Kier alpha value is -0.910. The summed E-state index contributed by atoms with van der Waals surface area (Å²) in [6, 6.07) is 9.19. The van der Waals surface area contributed by atoms with Crippen LogP contribution in [0.5, 0.6) is 0 Å². The van der Waals surface area contributed by atoms with Gasteiger partial charge in [-0.2, -0.15) is 4.31 Å². The minimum absolute atomic E-state index is 0.0594. The molecule has 0 amide bonds. The highest BCUT2D eigenvalue weighted by molar-refractivity contribution is 7.88. The highest BCUT2D eigenvalue weighted by atomic mass is 32.2. The van der Waals surface area contributed by atoms with E-state index in [9.17, 15) is 8.42 Å². The molecule has 0 unspecified atom stereocenters. The average molecular weight is 240 g/mol. The third-order valence-electron chi connectivity index (χ3n) is 2.66. The van der Waals surface area contributed by atoms with Crippen molar-refractivity contribution in [2.45, 2.75) is 18.2 Å². The number of nitrogens with zero attached hydrogens (tertiary/aromatic N) is 1. The van der Waals surface area contributed by atoms with Crippen molar-refractivity contribution in [3.8, 4) is 0 Å². The lowest BCUT2D eigenvalue weighted by molar-refractivity contribution is 0.176. The molecule has 0 atom stereocenters. The molecule has 0 radical (unpaired) electrons. The summed E-state index contributed by atoms with van der Waals surface area (Å²) in [6.07, 6.45) is 0. The second kappa shape index (κ2) is 3.84. The summed E-state index contributed by atoms with van der Waals surface area (Å²) in [5.74, 6) is 0.0594. The maximum absolute atomic E-state index is 11.9. The van der Waals surface area contributed by atoms with E-state index in [1.54, 1.807) is 0 Å². The molecule has 0 bridgehead atoms. The van der Waals surface area contributed by atoms with Gasteiger partial charge in [-0.3, -0.25) is 0 Å². The number of nitrogens with two attached hydrogens (primary N) is 1. The van der Waals surface area contributed by atoms with Crippen molar-refractivity contribution in [1.29, 1.82) is 0 Å². The summed E-state index contributed by atoms with van der Waals surface area (Å²) in [5, 5.41) is 0. The highest BCUT2D eigenvalue weighted by Crippen LogP contribution is 2.23. The van der Waals surface area contributed by atoms with Crippen molar-refractivity contribution in [2.24, 2.45) is 5.73 Å². The number of rotatable bonds is 3. The quantitative estimate of drug-likeness (QED) is 0.839. The number of sulfonamides is 1. The summed E-state index contributed by atoms with van der Waals surface area (Å²) in [4.78, 5) is 0. The molecule has 0 aliphatic carbocycles. The van der Waals surface area contributed by atoms with Gasteiger partial charge in [0.15, 0.2) is 0 Å². The predicted octanol–water partition coefficient (Wildman–Crippen LogP) is 0.549. The molecule has 4 nitrogen and oxygen atoms in total. The Morgan fingerprint density at radius 1 is 1.31 bits per heavy atom. The molecule has 5 heteroatoms. The van der Waals surface area contributed by atoms with Gasteiger partial charge >= 0.3 is 0 Å². The second-order valence-electron chi connectivity index (χ2n) is 4.66. The van der Waals surface area contributed by atoms with Gasteiger partial charge in [0.25, 0.3) is 0 Å². The van der Waals surface area contributed by atoms with Gasteiger partial charge in [-0.15, -0.1) is 0 Å². The summed E-state index contributed by atoms with van der Waals surface area (Å²) < 4.78 is 25.3. The fraction of sp³-hybridized carbons (Fsp3) is 0.455. The fourth-order valence-corrected chi connectivity index (χ4v) is 3.61. The molecule has 0 aromatic heterocycles. The van der Waals surface area contributed by atoms with E-state index < -0.39 is 10.0 Å². The molecule has 1 aromatic carbocycles. The Morgan fingerprint density at radius 2 is 1.88 bits per heavy atom. The monoisotopic (exact) mass is 240 g/mol. The van der Waals surface area contributed by atoms with Crippen LogP contribution in [0.4, 0.5) is 0 Å². The molecule has 1 fully saturated rings. The number of hydrogen-bond donors (Lipinski definition) is 1. The van der Waals surface area contributed by atoms with E-state index in [1.165, 1.54) is 4.31 Å². The zero-order valence-electron chi connectivity index (χ0n) is 9.26. The van der Waals surface area contributed by atoms with Crippen molar-refractivity contribution in [1.82, 2.24) is 4.31 Å². The van der Waals surface area contributed by atoms with Crippen LogP contribution in [0, 0.1) is 0 Å². The summed E-state index contributed by atoms with van der Waals surface area (Å²) in [6.45, 7) is 2.70. The molecule has 1 saturated heterocycles. The smallest absolute Gasteiger partial charge is 0.218 e. The Balaban J connectivity index is 2.05. The maximum atomic E-state index is 11.9. The van der Waals surface area contributed by atoms with Gasteiger partial charge in [0.2, 0.25) is 10.0 Å². The largest absolute Gasteiger partial charge is 0.323 e. The van der Waals surface area contributed by atoms with Crippen molar-refractivity contribution >= 4 is 10.0 Å². The zero-order chi connectivity index (χ0) is 11.8. The molecule has 2 N–H and O–H groups in total. The fourth-order valence-electron chi connectivity index (χ4n) is 1.83. The lowest BCUT2D eigenvalue weighted by Gasteiger charge is -2.44. The van der Waals surface area contributed by atoms with E-state index in [4.69, 9.17) is 5.73 Å². The van der Waals surface area contributed by atoms with Crippen molar-refractivity contribution in [2.75, 3.05) is 13.1 Å². The van der Waals surface area contributed by atoms with E-state index in [0.29, 0.717) is 13.1 Å². The van der Waals surface area contributed by atoms with Crippen LogP contribution in [0.2, 0.25) is 0 Å². The number of benzene rings is 1. The van der Waals surface area contributed by atoms with Gasteiger partial charge in [-0.25, -0.2) is 8.42 Å². The highest BCUT2D eigenvalue weighted by Gasteiger charge is 2.41. The van der Waals surface area contributed by atoms with Crippen LogP contribution in [0.3, 0.4) is 0 Å². The Morgan fingerprint density at radius 3 is 2.38 bits per heavy atom. The van der Waals surface area contributed by atoms with E-state index in [1.807, 2.05) is 37.3 Å². The molecular formula is C11H16N2O2S. The summed E-state index contributed by atoms with van der Waals surface area (Å²) in [5.41, 5.74) is 6.25. The van der Waals surface area contributed by atoms with Gasteiger partial charge in [-0.05, 0) is 12.5 Å². The van der Waals surface area contributed by atoms with Gasteiger partial charge in [-0.1, -0.05) is 30.3 Å². The molecule has 88 valence electrons. The first-order valence-corrected chi connectivity index (χ1v) is 6.81. The van der Waals surface area contributed by atoms with Crippen LogP contribution < -0.4 is 5.73 Å². The van der Waals surface area contributed by atoms with Gasteiger partial charge in [0, 0.05) is 18.6 Å². The first-order valence-electron chi connectivity index (χ1n) is 5.20. The van der Waals surface area contributed by atoms with E-state index >= 15 is 0 Å². The topological polar surface area (TPSA) is 63.4 Å². The Kier molecular flexibility index (Phi) is 2.77. The van der Waals surface area contributed by atoms with Gasteiger partial charge < -0.3 is 5.73 Å². The summed E-state index contributed by atoms with van der Waals surface area (Å²) in [7, 11) is -3.19. The van der Waals surface area contributed by atoms with Gasteiger partial charge in [0.1, 0.15) is 0 Å². The molecule has 1 aliphatic heterocycles. The zero-order valence-corrected chi connectivity index (χ0v) is 10.1. The molecule has 0 saturated carbocycles. The van der Waals surface area contributed by atoms with Crippen LogP contribution in [0.25, 0.3) is 0 Å². The third-order valence-corrected chi connectivity index (χ3v) is 4.40. The molecular weight excluding hydrogens is 224 g/mol. The molecule has 1 aromatic rings. The van der Waals surface area contributed by atoms with Crippen LogP contribution in [0.1, 0.15) is 12.5 Å². The average Bonchev–Trinajstić information content (AvgIpc) is 2.15. The molecule has 0 spiro atoms. The van der Waals surface area contributed by atoms with E-state index in [0.717, 1.165) is 5.56 Å². The van der Waals surface area contributed by atoms with Crippen molar-refractivity contribution in [3.05, 3.63) is 35.9 Å². The Labute approximate surface area is 96.1 Å². The van der Waals surface area contributed by atoms with E-state index in [2.05, 4.69) is 0 Å². The minimum Gasteiger partial charge on any atom is -0.323 e. The molecule has 16 heavy (non-hydrogen) atoms. The van der Waals surface area contributed by atoms with Crippen LogP contribution >= 0.6 is 0 Å². The lowest BCUT2D eigenvalue weighted by atomic mass is 9.97. The molecule has 2 rings (SSSR count). The molecule has 1 aliphatic rings. The SMILES string of the molecule is CC1(N)CN(S(=O)(=O)Cc2ccccc2)C1. The third kappa shape index (κ3) is 2.42. The molecule has 1 heterocycles. The maximum Gasteiger partial charge on any atom is 0.218 e. The normalized spacial score (nSPS) is 20.4. The lowest BCUT2D eigenvalue weighted by Crippen LogP contribution is -2.66. The predicted molar refractivity (Wildman–Crippen MR) is 63.2 cm³/mol. The van der Waals surface area contributed by atoms with Crippen LogP contribution in [-0.2, 0) is 15.8 Å². The first-order chi connectivity index (χ1) is 7.39. The second-order valence-corrected chi connectivity index (χ2v) is 6.63. The van der Waals surface area contributed by atoms with Crippen molar-refractivity contribution in [3.63, 3.8) is 0 Å². The standard InChI is InChI=1S/C11H16N2O2S/c1-11(12)8-13(9-11)16(14,15)7-10-5-3-2-4-6-10/h2-6H,7-9,12H2,1H3. The minimum atomic E-state index is -3.19. The summed E-state index contributed by atoms with van der Waals surface area (Å²) >= 11 is 0. The van der Waals surface area contributed by atoms with Crippen LogP contribution in [0.15, 0.2) is 30.3 Å². The van der Waals surface area contributed by atoms with Gasteiger partial charge in [0.05, 0.1) is 5.75 Å². The van der Waals surface area contributed by atoms with E-state index in [-0.39, 0.29) is 11.3 Å².